The summed E-state index contributed by atoms with van der Waals surface area (Å²) in [7, 11) is 0. The summed E-state index contributed by atoms with van der Waals surface area (Å²) in [4.78, 5) is 11.8. The molecule has 0 saturated carbocycles. The van der Waals surface area contributed by atoms with E-state index in [1.54, 1.807) is 23.5 Å². The fourth-order valence-electron chi connectivity index (χ4n) is 0.838. The highest BCUT2D eigenvalue weighted by Gasteiger charge is 2.01. The van der Waals surface area contributed by atoms with Crippen molar-refractivity contribution in [3.8, 4) is 0 Å². The van der Waals surface area contributed by atoms with Crippen LogP contribution in [0.1, 0.15) is 13.3 Å². The summed E-state index contributed by atoms with van der Waals surface area (Å²) in [5, 5.41) is 0. The topological polar surface area (TPSA) is 17.1 Å². The van der Waals surface area contributed by atoms with Crippen molar-refractivity contribution >= 4 is 29.8 Å². The Labute approximate surface area is 77.0 Å². The van der Waals surface area contributed by atoms with Crippen LogP contribution in [0.5, 0.6) is 0 Å². The molecule has 0 aliphatic rings. The maximum atomic E-state index is 10.6. The Bertz CT molecular complexity index is 146. The average Bonchev–Trinajstić information content (AvgIpc) is 2.05. The Kier molecular flexibility index (Phi) is 6.87. The summed E-state index contributed by atoms with van der Waals surface area (Å²) in [6.45, 7) is 2.08. The number of hydrogen-bond acceptors (Lipinski definition) is 3. The molecular formula is C8H14OS2. The van der Waals surface area contributed by atoms with Gasteiger partial charge < -0.3 is 0 Å². The van der Waals surface area contributed by atoms with Gasteiger partial charge in [-0.1, -0.05) is 6.92 Å². The quantitative estimate of drug-likeness (QED) is 0.490. The molecule has 0 rings (SSSR count). The number of rotatable bonds is 5. The fourth-order valence-corrected chi connectivity index (χ4v) is 2.15. The molecule has 0 aliphatic carbocycles. The largest absolute Gasteiger partial charge is 0.298 e. The van der Waals surface area contributed by atoms with Gasteiger partial charge >= 0.3 is 0 Å². The van der Waals surface area contributed by atoms with Crippen molar-refractivity contribution in [3.05, 3.63) is 10.5 Å². The van der Waals surface area contributed by atoms with Crippen LogP contribution in [0.3, 0.4) is 0 Å². The molecule has 0 unspecified atom stereocenters. The van der Waals surface area contributed by atoms with Crippen LogP contribution in [0, 0.1) is 0 Å². The van der Waals surface area contributed by atoms with Gasteiger partial charge in [-0.2, -0.15) is 11.8 Å². The number of carbonyl (C=O) groups is 1. The molecule has 0 fully saturated rings. The van der Waals surface area contributed by atoms with Crippen molar-refractivity contribution in [2.45, 2.75) is 13.3 Å². The lowest BCUT2D eigenvalue weighted by Crippen LogP contribution is -1.92. The molecule has 0 spiro atoms. The SMILES string of the molecule is CCC(SC)=C(C=O)CSC. The van der Waals surface area contributed by atoms with Crippen LogP contribution in [0.4, 0.5) is 0 Å². The highest BCUT2D eigenvalue weighted by molar-refractivity contribution is 8.02. The normalized spacial score (nSPS) is 12.6. The Hall–Kier alpha value is 0.110. The van der Waals surface area contributed by atoms with Gasteiger partial charge in [0.1, 0.15) is 6.29 Å². The molecule has 0 heterocycles. The number of allylic oxidation sites excluding steroid dienone is 1. The first-order chi connectivity index (χ1) is 5.29. The third-order valence-corrected chi connectivity index (χ3v) is 3.01. The van der Waals surface area contributed by atoms with Gasteiger partial charge in [-0.05, 0) is 23.8 Å². The summed E-state index contributed by atoms with van der Waals surface area (Å²) < 4.78 is 0. The minimum Gasteiger partial charge on any atom is -0.298 e. The Morgan fingerprint density at radius 2 is 2.09 bits per heavy atom. The molecule has 0 saturated heterocycles. The summed E-state index contributed by atoms with van der Waals surface area (Å²) in [5.74, 6) is 0.841. The van der Waals surface area contributed by atoms with Gasteiger partial charge in [0.25, 0.3) is 0 Å². The molecule has 64 valence electrons. The van der Waals surface area contributed by atoms with Crippen molar-refractivity contribution in [1.82, 2.24) is 0 Å². The maximum absolute atomic E-state index is 10.6. The van der Waals surface area contributed by atoms with E-state index in [1.165, 1.54) is 4.91 Å². The minimum atomic E-state index is 0.841. The lowest BCUT2D eigenvalue weighted by Gasteiger charge is -2.03. The summed E-state index contributed by atoms with van der Waals surface area (Å²) in [6.07, 6.45) is 5.97. The maximum Gasteiger partial charge on any atom is 0.147 e. The van der Waals surface area contributed by atoms with Crippen LogP contribution < -0.4 is 0 Å². The second-order valence-corrected chi connectivity index (χ2v) is 3.82. The summed E-state index contributed by atoms with van der Waals surface area (Å²) in [6, 6.07) is 0. The van der Waals surface area contributed by atoms with Crippen LogP contribution in [0.15, 0.2) is 10.5 Å². The van der Waals surface area contributed by atoms with Crippen LogP contribution in [-0.2, 0) is 4.79 Å². The van der Waals surface area contributed by atoms with Gasteiger partial charge in [-0.25, -0.2) is 0 Å². The third kappa shape index (κ3) is 3.87. The first kappa shape index (κ1) is 11.1. The smallest absolute Gasteiger partial charge is 0.147 e. The Morgan fingerprint density at radius 1 is 1.45 bits per heavy atom. The lowest BCUT2D eigenvalue weighted by molar-refractivity contribution is -0.104. The van der Waals surface area contributed by atoms with E-state index in [4.69, 9.17) is 0 Å². The van der Waals surface area contributed by atoms with E-state index in [0.29, 0.717) is 0 Å². The minimum absolute atomic E-state index is 0.841. The van der Waals surface area contributed by atoms with Gasteiger partial charge in [0.2, 0.25) is 0 Å². The molecule has 0 amide bonds. The average molecular weight is 190 g/mol. The molecule has 0 aromatic rings. The van der Waals surface area contributed by atoms with E-state index >= 15 is 0 Å². The van der Waals surface area contributed by atoms with Crippen molar-refractivity contribution in [2.24, 2.45) is 0 Å². The van der Waals surface area contributed by atoms with Crippen molar-refractivity contribution in [1.29, 1.82) is 0 Å². The second kappa shape index (κ2) is 6.80. The predicted octanol–water partition coefficient (Wildman–Crippen LogP) is 2.58. The van der Waals surface area contributed by atoms with Crippen molar-refractivity contribution in [3.63, 3.8) is 0 Å². The highest BCUT2D eigenvalue weighted by atomic mass is 32.2. The zero-order valence-corrected chi connectivity index (χ0v) is 8.85. The van der Waals surface area contributed by atoms with E-state index in [1.807, 2.05) is 12.5 Å². The van der Waals surface area contributed by atoms with Crippen LogP contribution in [0.25, 0.3) is 0 Å². The van der Waals surface area contributed by atoms with Gasteiger partial charge in [0.15, 0.2) is 0 Å². The molecular weight excluding hydrogens is 176 g/mol. The molecule has 3 heteroatoms. The van der Waals surface area contributed by atoms with Gasteiger partial charge in [0, 0.05) is 11.3 Å². The summed E-state index contributed by atoms with van der Waals surface area (Å²) in [5.41, 5.74) is 0.951. The highest BCUT2D eigenvalue weighted by Crippen LogP contribution is 2.21. The number of hydrogen-bond donors (Lipinski definition) is 0. The molecule has 0 radical (unpaired) electrons. The van der Waals surface area contributed by atoms with E-state index in [2.05, 4.69) is 6.92 Å². The zero-order valence-electron chi connectivity index (χ0n) is 7.22. The number of thioether (sulfide) groups is 2. The van der Waals surface area contributed by atoms with Crippen LogP contribution >= 0.6 is 23.5 Å². The molecule has 0 aromatic heterocycles. The molecule has 0 N–H and O–H groups in total. The zero-order chi connectivity index (χ0) is 8.69. The van der Waals surface area contributed by atoms with E-state index in [0.717, 1.165) is 24.0 Å². The summed E-state index contributed by atoms with van der Waals surface area (Å²) >= 11 is 3.37. The first-order valence-electron chi connectivity index (χ1n) is 3.50. The van der Waals surface area contributed by atoms with Crippen LogP contribution in [-0.4, -0.2) is 24.6 Å². The van der Waals surface area contributed by atoms with E-state index in [-0.39, 0.29) is 0 Å². The monoisotopic (exact) mass is 190 g/mol. The predicted molar refractivity (Wildman–Crippen MR) is 55.3 cm³/mol. The molecule has 0 aromatic carbocycles. The van der Waals surface area contributed by atoms with E-state index < -0.39 is 0 Å². The number of aldehydes is 1. The lowest BCUT2D eigenvalue weighted by atomic mass is 10.3. The molecule has 1 nitrogen and oxygen atoms in total. The Morgan fingerprint density at radius 3 is 2.36 bits per heavy atom. The van der Waals surface area contributed by atoms with Gasteiger partial charge in [-0.15, -0.1) is 11.8 Å². The first-order valence-corrected chi connectivity index (χ1v) is 6.12. The van der Waals surface area contributed by atoms with Crippen molar-refractivity contribution in [2.75, 3.05) is 18.3 Å². The third-order valence-electron chi connectivity index (χ3n) is 1.37. The van der Waals surface area contributed by atoms with E-state index in [9.17, 15) is 4.79 Å². The molecule has 11 heavy (non-hydrogen) atoms. The molecule has 0 aliphatic heterocycles. The standard InChI is InChI=1S/C8H14OS2/c1-4-8(11-3)7(5-9)6-10-2/h5H,4,6H2,1-3H3. The molecule has 0 atom stereocenters. The Balaban J connectivity index is 4.34. The molecule has 0 bridgehead atoms. The van der Waals surface area contributed by atoms with Crippen LogP contribution in [0.2, 0.25) is 0 Å². The van der Waals surface area contributed by atoms with Gasteiger partial charge in [0.05, 0.1) is 0 Å². The fraction of sp³-hybridized carbons (Fsp3) is 0.625. The van der Waals surface area contributed by atoms with Crippen molar-refractivity contribution < 1.29 is 4.79 Å². The second-order valence-electron chi connectivity index (χ2n) is 2.06. The number of carbonyl (C=O) groups excluding carboxylic acids is 1. The van der Waals surface area contributed by atoms with Gasteiger partial charge in [-0.3, -0.25) is 4.79 Å².